The summed E-state index contributed by atoms with van der Waals surface area (Å²) in [4.78, 5) is 0. The Balaban J connectivity index is 2.35. The van der Waals surface area contributed by atoms with Gasteiger partial charge in [0, 0.05) is 17.2 Å². The van der Waals surface area contributed by atoms with Crippen molar-refractivity contribution in [3.05, 3.63) is 65.5 Å². The van der Waals surface area contributed by atoms with E-state index in [0.717, 1.165) is 16.9 Å². The lowest BCUT2D eigenvalue weighted by atomic mass is 9.78. The number of alkyl halides is 2. The summed E-state index contributed by atoms with van der Waals surface area (Å²) in [6, 6.07) is 14.2. The van der Waals surface area contributed by atoms with Gasteiger partial charge in [0.05, 0.1) is 7.11 Å². The Hall–Kier alpha value is -1.25. The predicted octanol–water partition coefficient (Wildman–Crippen LogP) is 4.79. The maximum atomic E-state index is 13.1. The van der Waals surface area contributed by atoms with Crippen LogP contribution in [0.15, 0.2) is 48.5 Å². The van der Waals surface area contributed by atoms with Crippen LogP contribution in [0.5, 0.6) is 5.75 Å². The van der Waals surface area contributed by atoms with Gasteiger partial charge in [-0.05, 0) is 41.8 Å². The van der Waals surface area contributed by atoms with Crippen molar-refractivity contribution in [3.8, 4) is 5.75 Å². The van der Waals surface area contributed by atoms with Crippen LogP contribution in [0.4, 0.5) is 4.39 Å². The zero-order valence-corrected chi connectivity index (χ0v) is 13.3. The molecular weight excluding hydrogens is 310 g/mol. The highest BCUT2D eigenvalue weighted by Gasteiger charge is 2.31. The monoisotopic (exact) mass is 326 g/mol. The number of methoxy groups -OCH3 is 1. The van der Waals surface area contributed by atoms with Gasteiger partial charge in [0.2, 0.25) is 0 Å². The van der Waals surface area contributed by atoms with E-state index in [4.69, 9.17) is 27.9 Å². The van der Waals surface area contributed by atoms with Crippen molar-refractivity contribution in [1.29, 1.82) is 0 Å². The molecule has 0 saturated heterocycles. The van der Waals surface area contributed by atoms with Crippen molar-refractivity contribution in [2.45, 2.75) is 11.8 Å². The minimum absolute atomic E-state index is 0.266. The normalized spacial score (nSPS) is 11.4. The highest BCUT2D eigenvalue weighted by Crippen LogP contribution is 2.32. The molecule has 2 aromatic rings. The van der Waals surface area contributed by atoms with E-state index in [-0.39, 0.29) is 5.82 Å². The van der Waals surface area contributed by atoms with E-state index >= 15 is 0 Å². The first-order valence-electron chi connectivity index (χ1n) is 6.64. The maximum Gasteiger partial charge on any atom is 0.123 e. The fourth-order valence-electron chi connectivity index (χ4n) is 2.36. The zero-order valence-electron chi connectivity index (χ0n) is 11.8. The molecule has 0 aliphatic carbocycles. The third-order valence-corrected chi connectivity index (χ3v) is 4.67. The molecule has 2 rings (SSSR count). The lowest BCUT2D eigenvalue weighted by Gasteiger charge is -2.30. The number of benzene rings is 2. The Morgan fingerprint density at radius 3 is 2.29 bits per heavy atom. The van der Waals surface area contributed by atoms with Crippen LogP contribution in [0, 0.1) is 5.82 Å². The molecule has 21 heavy (non-hydrogen) atoms. The first kappa shape index (κ1) is 16.1. The molecule has 0 radical (unpaired) electrons. The van der Waals surface area contributed by atoms with Crippen molar-refractivity contribution in [2.24, 2.45) is 0 Å². The molecule has 112 valence electrons. The van der Waals surface area contributed by atoms with Crippen molar-refractivity contribution in [1.82, 2.24) is 0 Å². The average Bonchev–Trinajstić information content (AvgIpc) is 2.54. The van der Waals surface area contributed by atoms with E-state index < -0.39 is 5.41 Å². The Bertz CT molecular complexity index is 580. The summed E-state index contributed by atoms with van der Waals surface area (Å²) in [5.74, 6) is 1.25. The van der Waals surface area contributed by atoms with Gasteiger partial charge in [-0.2, -0.15) is 0 Å². The third kappa shape index (κ3) is 3.69. The summed E-state index contributed by atoms with van der Waals surface area (Å²) in [5.41, 5.74) is 1.60. The van der Waals surface area contributed by atoms with E-state index in [1.54, 1.807) is 19.2 Å². The van der Waals surface area contributed by atoms with Crippen LogP contribution in [0.3, 0.4) is 0 Å². The molecule has 4 heteroatoms. The van der Waals surface area contributed by atoms with Gasteiger partial charge in [-0.15, -0.1) is 23.2 Å². The van der Waals surface area contributed by atoms with Crippen molar-refractivity contribution >= 4 is 23.2 Å². The van der Waals surface area contributed by atoms with Crippen LogP contribution in [0.25, 0.3) is 0 Å². The SMILES string of the molecule is COc1cccc(CC(CCl)(CCl)c2ccc(F)cc2)c1. The quantitative estimate of drug-likeness (QED) is 0.693. The van der Waals surface area contributed by atoms with Gasteiger partial charge >= 0.3 is 0 Å². The summed E-state index contributed by atoms with van der Waals surface area (Å²) in [7, 11) is 1.63. The van der Waals surface area contributed by atoms with Crippen molar-refractivity contribution in [2.75, 3.05) is 18.9 Å². The second-order valence-electron chi connectivity index (χ2n) is 5.08. The molecule has 0 bridgehead atoms. The number of ether oxygens (including phenoxy) is 1. The second kappa shape index (κ2) is 7.15. The Labute approximate surface area is 134 Å². The fourth-order valence-corrected chi connectivity index (χ4v) is 3.15. The number of hydrogen-bond donors (Lipinski definition) is 0. The Morgan fingerprint density at radius 1 is 1.05 bits per heavy atom. The minimum Gasteiger partial charge on any atom is -0.497 e. The van der Waals surface area contributed by atoms with Crippen LogP contribution >= 0.6 is 23.2 Å². The summed E-state index contributed by atoms with van der Waals surface area (Å²) in [5, 5.41) is 0. The first-order chi connectivity index (χ1) is 10.1. The molecule has 1 nitrogen and oxygen atoms in total. The van der Waals surface area contributed by atoms with E-state index in [1.165, 1.54) is 12.1 Å². The topological polar surface area (TPSA) is 9.23 Å². The van der Waals surface area contributed by atoms with Gasteiger partial charge in [0.15, 0.2) is 0 Å². The first-order valence-corrected chi connectivity index (χ1v) is 7.71. The van der Waals surface area contributed by atoms with Gasteiger partial charge in [-0.1, -0.05) is 24.3 Å². The summed E-state index contributed by atoms with van der Waals surface area (Å²) in [6.07, 6.45) is 0.669. The average molecular weight is 327 g/mol. The van der Waals surface area contributed by atoms with Crippen LogP contribution < -0.4 is 4.74 Å². The third-order valence-electron chi connectivity index (χ3n) is 3.64. The van der Waals surface area contributed by atoms with Gasteiger partial charge in [0.1, 0.15) is 11.6 Å². The van der Waals surface area contributed by atoms with Crippen LogP contribution in [-0.2, 0) is 11.8 Å². The molecule has 2 aromatic carbocycles. The molecule has 0 aliphatic heterocycles. The fraction of sp³-hybridized carbons (Fsp3) is 0.294. The maximum absolute atomic E-state index is 13.1. The van der Waals surface area contributed by atoms with E-state index in [0.29, 0.717) is 18.2 Å². The zero-order chi connectivity index (χ0) is 15.3. The molecule has 0 spiro atoms. The highest BCUT2D eigenvalue weighted by molar-refractivity contribution is 6.22. The molecule has 0 saturated carbocycles. The lowest BCUT2D eigenvalue weighted by molar-refractivity contribution is 0.413. The van der Waals surface area contributed by atoms with Gasteiger partial charge in [-0.3, -0.25) is 0 Å². The van der Waals surface area contributed by atoms with E-state index in [1.807, 2.05) is 24.3 Å². The molecule has 0 unspecified atom stereocenters. The van der Waals surface area contributed by atoms with E-state index in [2.05, 4.69) is 0 Å². The molecule has 0 aliphatic rings. The van der Waals surface area contributed by atoms with Crippen LogP contribution in [0.2, 0.25) is 0 Å². The number of halogens is 3. The smallest absolute Gasteiger partial charge is 0.123 e. The summed E-state index contributed by atoms with van der Waals surface area (Å²) >= 11 is 12.4. The number of hydrogen-bond acceptors (Lipinski definition) is 1. The lowest BCUT2D eigenvalue weighted by Crippen LogP contribution is -2.33. The molecule has 0 atom stereocenters. The van der Waals surface area contributed by atoms with Gasteiger partial charge < -0.3 is 4.74 Å². The summed E-state index contributed by atoms with van der Waals surface area (Å²) < 4.78 is 18.4. The molecule has 0 aromatic heterocycles. The minimum atomic E-state index is -0.427. The Morgan fingerprint density at radius 2 is 1.71 bits per heavy atom. The number of rotatable bonds is 6. The Kier molecular flexibility index (Phi) is 5.49. The molecular formula is C17H17Cl2FO. The molecule has 0 amide bonds. The molecule has 0 heterocycles. The van der Waals surface area contributed by atoms with Crippen LogP contribution in [0.1, 0.15) is 11.1 Å². The second-order valence-corrected chi connectivity index (χ2v) is 5.62. The van der Waals surface area contributed by atoms with Crippen molar-refractivity contribution < 1.29 is 9.13 Å². The van der Waals surface area contributed by atoms with E-state index in [9.17, 15) is 4.39 Å². The van der Waals surface area contributed by atoms with Gasteiger partial charge in [-0.25, -0.2) is 4.39 Å². The molecule has 0 N–H and O–H groups in total. The standard InChI is InChI=1S/C17H17Cl2FO/c1-21-16-4-2-3-13(9-16)10-17(11-18,12-19)14-5-7-15(20)8-6-14/h2-9H,10-12H2,1H3. The predicted molar refractivity (Wildman–Crippen MR) is 86.2 cm³/mol. The van der Waals surface area contributed by atoms with Gasteiger partial charge in [0.25, 0.3) is 0 Å². The largest absolute Gasteiger partial charge is 0.497 e. The molecule has 0 fully saturated rings. The van der Waals surface area contributed by atoms with Crippen LogP contribution in [-0.4, -0.2) is 18.9 Å². The van der Waals surface area contributed by atoms with Crippen molar-refractivity contribution in [3.63, 3.8) is 0 Å². The summed E-state index contributed by atoms with van der Waals surface area (Å²) in [6.45, 7) is 0. The highest BCUT2D eigenvalue weighted by atomic mass is 35.5.